The standard InChI is InChI=1S/4Na.2H2O6S2/c;;;;2*1-7(2,3)8(4,5)6/h;;;;2*(H,1,2,3)(H,4,5,6)/q4*+1;;/p-4. The van der Waals surface area contributed by atoms with Crippen LogP contribution in [0.1, 0.15) is 0 Å². The van der Waals surface area contributed by atoms with E-state index in [9.17, 15) is 51.9 Å². The average Bonchev–Trinajstić information content (AvgIpc) is 1.77. The van der Waals surface area contributed by atoms with Crippen LogP contribution in [0.2, 0.25) is 0 Å². The SMILES string of the molecule is O=S(=O)([O-])S(=O)(=O)[O-].O=S(=O)([O-])S(=O)(=O)[O-].[Na+].[Na+].[Na+].[Na+]. The Bertz CT molecular complexity index is 512. The van der Waals surface area contributed by atoms with E-state index in [0.29, 0.717) is 0 Å². The van der Waals surface area contributed by atoms with Gasteiger partial charge in [-0.05, 0) is 0 Å². The maximum absolute atomic E-state index is 9.20. The fourth-order valence-corrected chi connectivity index (χ4v) is 0. The Hall–Kier alpha value is 3.64. The van der Waals surface area contributed by atoms with Crippen LogP contribution in [-0.4, -0.2) is 51.9 Å². The van der Waals surface area contributed by atoms with Crippen molar-refractivity contribution in [2.24, 2.45) is 0 Å². The molecule has 20 heteroatoms. The number of hydrogen-bond acceptors (Lipinski definition) is 12. The van der Waals surface area contributed by atoms with Crippen molar-refractivity contribution in [1.82, 2.24) is 0 Å². The molecular weight excluding hydrogens is 412 g/mol. The minimum Gasteiger partial charge on any atom is -0.736 e. The van der Waals surface area contributed by atoms with Crippen LogP contribution in [0.15, 0.2) is 0 Å². The summed E-state index contributed by atoms with van der Waals surface area (Å²) in [6, 6.07) is 0. The van der Waals surface area contributed by atoms with Crippen LogP contribution in [-0.2, 0) is 36.6 Å². The third-order valence-corrected chi connectivity index (χ3v) is 4.50. The molecule has 0 saturated carbocycles. The second-order valence-corrected chi connectivity index (χ2v) is 9.80. The molecule has 0 bridgehead atoms. The van der Waals surface area contributed by atoms with Crippen LogP contribution < -0.4 is 118 Å². The monoisotopic (exact) mass is 412 g/mol. The molecule has 0 fully saturated rings. The molecule has 0 rings (SSSR count). The summed E-state index contributed by atoms with van der Waals surface area (Å²) in [5.74, 6) is 0. The summed E-state index contributed by atoms with van der Waals surface area (Å²) in [7, 11) is -22.7. The third kappa shape index (κ3) is 19.7. The molecule has 0 amide bonds. The van der Waals surface area contributed by atoms with Gasteiger partial charge in [0.15, 0.2) is 36.6 Å². The van der Waals surface area contributed by atoms with E-state index in [1.165, 1.54) is 0 Å². The van der Waals surface area contributed by atoms with Gasteiger partial charge in [0.25, 0.3) is 0 Å². The molecule has 0 atom stereocenters. The predicted octanol–water partition coefficient (Wildman–Crippen LogP) is -16.0. The van der Waals surface area contributed by atoms with Crippen molar-refractivity contribution < 1.29 is 170 Å². The molecule has 0 aromatic carbocycles. The summed E-state index contributed by atoms with van der Waals surface area (Å²) in [6.07, 6.45) is 0. The maximum Gasteiger partial charge on any atom is 1.00 e. The maximum atomic E-state index is 9.20. The molecule has 0 aliphatic carbocycles. The van der Waals surface area contributed by atoms with Crippen LogP contribution in [0.5, 0.6) is 0 Å². The third-order valence-electron chi connectivity index (χ3n) is 0.500. The van der Waals surface area contributed by atoms with Crippen molar-refractivity contribution in [3.8, 4) is 0 Å². The van der Waals surface area contributed by atoms with Crippen LogP contribution in [0.4, 0.5) is 0 Å². The molecule has 0 N–H and O–H groups in total. The Morgan fingerprint density at radius 2 is 0.400 bits per heavy atom. The smallest absolute Gasteiger partial charge is 0.736 e. The van der Waals surface area contributed by atoms with E-state index >= 15 is 0 Å². The first-order valence-electron chi connectivity index (χ1n) is 2.33. The second-order valence-electron chi connectivity index (χ2n) is 1.63. The van der Waals surface area contributed by atoms with Gasteiger partial charge in [0.05, 0.1) is 0 Å². The molecule has 0 aliphatic rings. The van der Waals surface area contributed by atoms with E-state index in [4.69, 9.17) is 0 Å². The zero-order chi connectivity index (χ0) is 14.0. The zero-order valence-electron chi connectivity index (χ0n) is 10.5. The van der Waals surface area contributed by atoms with E-state index in [-0.39, 0.29) is 118 Å². The van der Waals surface area contributed by atoms with Gasteiger partial charge >= 0.3 is 118 Å². The Morgan fingerprint density at radius 3 is 0.400 bits per heavy atom. The Labute approximate surface area is 202 Å². The second kappa shape index (κ2) is 13.9. The van der Waals surface area contributed by atoms with E-state index in [2.05, 4.69) is 0 Å². The molecule has 0 saturated heterocycles. The van der Waals surface area contributed by atoms with Crippen molar-refractivity contribution in [2.75, 3.05) is 0 Å². The van der Waals surface area contributed by atoms with Gasteiger partial charge in [-0.2, -0.15) is 0 Å². The summed E-state index contributed by atoms with van der Waals surface area (Å²) in [5, 5.41) is 0. The van der Waals surface area contributed by atoms with Gasteiger partial charge in [0.1, 0.15) is 0 Å². The van der Waals surface area contributed by atoms with Gasteiger partial charge in [-0.1, -0.05) is 0 Å². The van der Waals surface area contributed by atoms with Crippen molar-refractivity contribution >= 4 is 36.6 Å². The van der Waals surface area contributed by atoms with Crippen molar-refractivity contribution in [3.05, 3.63) is 0 Å². The fraction of sp³-hybridized carbons (Fsp3) is 0. The molecular formula is Na4O12S4. The van der Waals surface area contributed by atoms with Crippen LogP contribution in [0, 0.1) is 0 Å². The summed E-state index contributed by atoms with van der Waals surface area (Å²) < 4.78 is 110. The summed E-state index contributed by atoms with van der Waals surface area (Å²) in [6.45, 7) is 0. The van der Waals surface area contributed by atoms with Crippen molar-refractivity contribution in [3.63, 3.8) is 0 Å². The van der Waals surface area contributed by atoms with Gasteiger partial charge < -0.3 is 18.2 Å². The molecule has 100 valence electrons. The van der Waals surface area contributed by atoms with Crippen LogP contribution in [0.25, 0.3) is 0 Å². The molecule has 0 aliphatic heterocycles. The van der Waals surface area contributed by atoms with Gasteiger partial charge in [0, 0.05) is 0 Å². The normalized spacial score (nSPS) is 11.0. The molecule has 0 aromatic heterocycles. The molecule has 0 aromatic rings. The average molecular weight is 412 g/mol. The zero-order valence-corrected chi connectivity index (χ0v) is 21.8. The molecule has 0 spiro atoms. The molecule has 0 heterocycles. The minimum absolute atomic E-state index is 0. The van der Waals surface area contributed by atoms with E-state index in [1.807, 2.05) is 0 Å². The summed E-state index contributed by atoms with van der Waals surface area (Å²) >= 11 is 0. The first kappa shape index (κ1) is 38.9. The minimum atomic E-state index is -5.67. The van der Waals surface area contributed by atoms with Crippen molar-refractivity contribution in [2.45, 2.75) is 0 Å². The fourth-order valence-electron chi connectivity index (χ4n) is 0. The number of hydrogen-bond donors (Lipinski definition) is 0. The molecule has 0 unspecified atom stereocenters. The molecule has 0 radical (unpaired) electrons. The van der Waals surface area contributed by atoms with Gasteiger partial charge in [0.2, 0.25) is 0 Å². The molecule has 12 nitrogen and oxygen atoms in total. The quantitative estimate of drug-likeness (QED) is 0.234. The van der Waals surface area contributed by atoms with Gasteiger partial charge in [-0.25, -0.2) is 33.7 Å². The first-order valence-corrected chi connectivity index (χ1v) is 9.00. The van der Waals surface area contributed by atoms with Gasteiger partial charge in [-0.3, -0.25) is 0 Å². The topological polar surface area (TPSA) is 229 Å². The van der Waals surface area contributed by atoms with Crippen LogP contribution >= 0.6 is 0 Å². The summed E-state index contributed by atoms with van der Waals surface area (Å²) in [4.78, 5) is 0. The largest absolute Gasteiger partial charge is 1.00 e. The van der Waals surface area contributed by atoms with Gasteiger partial charge in [-0.15, -0.1) is 0 Å². The molecule has 20 heavy (non-hydrogen) atoms. The van der Waals surface area contributed by atoms with Crippen LogP contribution in [0.3, 0.4) is 0 Å². The predicted molar refractivity (Wildman–Crippen MR) is 38.8 cm³/mol. The number of rotatable bonds is 2. The Kier molecular flexibility index (Phi) is 27.0. The Balaban J connectivity index is -0.0000000408. The van der Waals surface area contributed by atoms with Crippen molar-refractivity contribution in [1.29, 1.82) is 0 Å². The first-order chi connectivity index (χ1) is 6.50. The summed E-state index contributed by atoms with van der Waals surface area (Å²) in [5.41, 5.74) is 0. The van der Waals surface area contributed by atoms with E-state index < -0.39 is 36.6 Å². The van der Waals surface area contributed by atoms with E-state index in [0.717, 1.165) is 0 Å². The van der Waals surface area contributed by atoms with E-state index in [1.54, 1.807) is 0 Å². The Morgan fingerprint density at radius 1 is 0.350 bits per heavy atom.